The lowest BCUT2D eigenvalue weighted by Gasteiger charge is -2.08. The minimum absolute atomic E-state index is 0.275. The van der Waals surface area contributed by atoms with Crippen molar-refractivity contribution >= 4 is 9.84 Å². The zero-order chi connectivity index (χ0) is 10.1. The summed E-state index contributed by atoms with van der Waals surface area (Å²) in [4.78, 5) is 0.275. The number of ether oxygens (including phenoxy) is 1. The second kappa shape index (κ2) is 3.38. The van der Waals surface area contributed by atoms with Gasteiger partial charge in [0.05, 0.1) is 7.11 Å². The van der Waals surface area contributed by atoms with Crippen LogP contribution in [-0.4, -0.2) is 21.8 Å². The topological polar surface area (TPSA) is 43.4 Å². The predicted octanol–water partition coefficient (Wildman–Crippen LogP) is 1.41. The summed E-state index contributed by atoms with van der Waals surface area (Å²) in [5.41, 5.74) is 0.710. The minimum atomic E-state index is -3.20. The highest BCUT2D eigenvalue weighted by atomic mass is 32.2. The third kappa shape index (κ3) is 2.01. The summed E-state index contributed by atoms with van der Waals surface area (Å²) in [5, 5.41) is 0. The molecule has 0 N–H and O–H groups in total. The Balaban J connectivity index is 3.50. The van der Waals surface area contributed by atoms with Gasteiger partial charge >= 0.3 is 0 Å². The lowest BCUT2D eigenvalue weighted by molar-refractivity contribution is 0.402. The molecule has 1 rings (SSSR count). The van der Waals surface area contributed by atoms with Crippen LogP contribution in [0.3, 0.4) is 0 Å². The number of aryl methyl sites for hydroxylation is 1. The fourth-order valence-corrected chi connectivity index (χ4v) is 2.43. The molecule has 0 atom stereocenters. The van der Waals surface area contributed by atoms with Gasteiger partial charge in [0.2, 0.25) is 0 Å². The van der Waals surface area contributed by atoms with Crippen molar-refractivity contribution in [1.82, 2.24) is 0 Å². The molecule has 0 radical (unpaired) electrons. The van der Waals surface area contributed by atoms with Crippen LogP contribution < -0.4 is 4.74 Å². The van der Waals surface area contributed by atoms with Crippen molar-refractivity contribution in [2.75, 3.05) is 13.4 Å². The average Bonchev–Trinajstić information content (AvgIpc) is 2.01. The van der Waals surface area contributed by atoms with E-state index in [2.05, 4.69) is 0 Å². The van der Waals surface area contributed by atoms with Gasteiger partial charge in [-0.05, 0) is 18.6 Å². The van der Waals surface area contributed by atoms with E-state index in [1.165, 1.54) is 13.4 Å². The van der Waals surface area contributed by atoms with E-state index in [1.54, 1.807) is 25.1 Å². The molecule has 0 heterocycles. The quantitative estimate of drug-likeness (QED) is 0.725. The van der Waals surface area contributed by atoms with Crippen LogP contribution in [-0.2, 0) is 9.84 Å². The summed E-state index contributed by atoms with van der Waals surface area (Å²) in [7, 11) is -1.74. The normalized spacial score (nSPS) is 11.3. The van der Waals surface area contributed by atoms with Crippen LogP contribution in [0.15, 0.2) is 23.1 Å². The molecular weight excluding hydrogens is 188 g/mol. The lowest BCUT2D eigenvalue weighted by Crippen LogP contribution is -2.02. The van der Waals surface area contributed by atoms with Crippen LogP contribution in [0.4, 0.5) is 0 Å². The van der Waals surface area contributed by atoms with E-state index in [0.717, 1.165) is 0 Å². The van der Waals surface area contributed by atoms with Gasteiger partial charge in [-0.2, -0.15) is 0 Å². The van der Waals surface area contributed by atoms with Crippen LogP contribution >= 0.6 is 0 Å². The molecule has 0 aliphatic carbocycles. The van der Waals surface area contributed by atoms with Gasteiger partial charge in [-0.3, -0.25) is 0 Å². The summed E-state index contributed by atoms with van der Waals surface area (Å²) < 4.78 is 27.7. The number of benzene rings is 1. The second-order valence-electron chi connectivity index (χ2n) is 2.88. The number of methoxy groups -OCH3 is 1. The maximum absolute atomic E-state index is 11.4. The third-order valence-electron chi connectivity index (χ3n) is 1.77. The Labute approximate surface area is 78.3 Å². The van der Waals surface area contributed by atoms with Crippen molar-refractivity contribution in [1.29, 1.82) is 0 Å². The van der Waals surface area contributed by atoms with Crippen LogP contribution in [0.1, 0.15) is 5.56 Å². The Kier molecular flexibility index (Phi) is 2.61. The summed E-state index contributed by atoms with van der Waals surface area (Å²) >= 11 is 0. The molecule has 0 bridgehead atoms. The molecule has 0 amide bonds. The standard InChI is InChI=1S/C9H12O3S/c1-7-5-4-6-8(12-2)9(7)13(3,10)11/h4-6H,1-3H3. The molecule has 0 aromatic heterocycles. The molecule has 0 aliphatic rings. The van der Waals surface area contributed by atoms with Gasteiger partial charge in [-0.25, -0.2) is 8.42 Å². The average molecular weight is 200 g/mol. The van der Waals surface area contributed by atoms with Gasteiger partial charge in [0, 0.05) is 6.26 Å². The monoisotopic (exact) mass is 200 g/mol. The first-order valence-electron chi connectivity index (χ1n) is 3.80. The smallest absolute Gasteiger partial charge is 0.179 e. The van der Waals surface area contributed by atoms with Gasteiger partial charge in [0.1, 0.15) is 10.6 Å². The molecular formula is C9H12O3S. The zero-order valence-corrected chi connectivity index (χ0v) is 8.68. The molecule has 0 aliphatic heterocycles. The van der Waals surface area contributed by atoms with Crippen molar-refractivity contribution in [3.63, 3.8) is 0 Å². The van der Waals surface area contributed by atoms with Crippen LogP contribution in [0.5, 0.6) is 5.75 Å². The zero-order valence-electron chi connectivity index (χ0n) is 7.87. The number of rotatable bonds is 2. The van der Waals surface area contributed by atoms with Crippen LogP contribution in [0.2, 0.25) is 0 Å². The maximum Gasteiger partial charge on any atom is 0.179 e. The Bertz CT molecular complexity index is 407. The molecule has 0 spiro atoms. The number of hydrogen-bond acceptors (Lipinski definition) is 3. The van der Waals surface area contributed by atoms with E-state index >= 15 is 0 Å². The van der Waals surface area contributed by atoms with E-state index in [9.17, 15) is 8.42 Å². The highest BCUT2D eigenvalue weighted by Gasteiger charge is 2.15. The van der Waals surface area contributed by atoms with Crippen LogP contribution in [0.25, 0.3) is 0 Å². The first-order chi connectivity index (χ1) is 5.96. The highest BCUT2D eigenvalue weighted by molar-refractivity contribution is 7.90. The molecule has 72 valence electrons. The van der Waals surface area contributed by atoms with Crippen molar-refractivity contribution < 1.29 is 13.2 Å². The van der Waals surface area contributed by atoms with Crippen molar-refractivity contribution in [2.24, 2.45) is 0 Å². The summed E-state index contributed by atoms with van der Waals surface area (Å²) in [6, 6.07) is 5.16. The van der Waals surface area contributed by atoms with Crippen molar-refractivity contribution in [3.8, 4) is 5.75 Å². The first kappa shape index (κ1) is 10.1. The molecule has 0 fully saturated rings. The summed E-state index contributed by atoms with van der Waals surface area (Å²) in [6.45, 7) is 1.75. The maximum atomic E-state index is 11.4. The largest absolute Gasteiger partial charge is 0.495 e. The Morgan fingerprint density at radius 3 is 2.31 bits per heavy atom. The molecule has 0 saturated carbocycles. The van der Waals surface area contributed by atoms with Gasteiger partial charge in [0.25, 0.3) is 0 Å². The van der Waals surface area contributed by atoms with Gasteiger partial charge in [0.15, 0.2) is 9.84 Å². The van der Waals surface area contributed by atoms with Crippen molar-refractivity contribution in [3.05, 3.63) is 23.8 Å². The summed E-state index contributed by atoms with van der Waals surface area (Å²) in [6.07, 6.45) is 1.18. The van der Waals surface area contributed by atoms with Crippen molar-refractivity contribution in [2.45, 2.75) is 11.8 Å². The molecule has 0 saturated heterocycles. The molecule has 0 unspecified atom stereocenters. The molecule has 4 heteroatoms. The van der Waals surface area contributed by atoms with E-state index in [4.69, 9.17) is 4.74 Å². The van der Waals surface area contributed by atoms with E-state index < -0.39 is 9.84 Å². The fourth-order valence-electron chi connectivity index (χ4n) is 1.26. The van der Waals surface area contributed by atoms with E-state index in [0.29, 0.717) is 11.3 Å². The summed E-state index contributed by atoms with van der Waals surface area (Å²) in [5.74, 6) is 0.405. The SMILES string of the molecule is COc1cccc(C)c1S(C)(=O)=O. The number of sulfone groups is 1. The second-order valence-corrected chi connectivity index (χ2v) is 4.83. The highest BCUT2D eigenvalue weighted by Crippen LogP contribution is 2.26. The molecule has 13 heavy (non-hydrogen) atoms. The predicted molar refractivity (Wildman–Crippen MR) is 50.8 cm³/mol. The number of hydrogen-bond donors (Lipinski definition) is 0. The molecule has 1 aromatic carbocycles. The Morgan fingerprint density at radius 1 is 1.31 bits per heavy atom. The molecule has 1 aromatic rings. The Hall–Kier alpha value is -1.03. The minimum Gasteiger partial charge on any atom is -0.495 e. The van der Waals surface area contributed by atoms with Gasteiger partial charge in [-0.1, -0.05) is 12.1 Å². The first-order valence-corrected chi connectivity index (χ1v) is 5.69. The van der Waals surface area contributed by atoms with Gasteiger partial charge in [-0.15, -0.1) is 0 Å². The Morgan fingerprint density at radius 2 is 1.92 bits per heavy atom. The van der Waals surface area contributed by atoms with Gasteiger partial charge < -0.3 is 4.74 Å². The van der Waals surface area contributed by atoms with E-state index in [-0.39, 0.29) is 4.90 Å². The third-order valence-corrected chi connectivity index (χ3v) is 3.03. The fraction of sp³-hybridized carbons (Fsp3) is 0.333. The van der Waals surface area contributed by atoms with E-state index in [1.807, 2.05) is 0 Å². The lowest BCUT2D eigenvalue weighted by atomic mass is 10.2. The molecule has 3 nitrogen and oxygen atoms in total. The van der Waals surface area contributed by atoms with Crippen LogP contribution in [0, 0.1) is 6.92 Å².